The first-order valence-electron chi connectivity index (χ1n) is 5.81. The molecule has 0 amide bonds. The van der Waals surface area contributed by atoms with Gasteiger partial charge in [-0.3, -0.25) is 0 Å². The number of nitrogens with zero attached hydrogens (tertiary/aromatic N) is 2. The van der Waals surface area contributed by atoms with E-state index in [0.717, 1.165) is 0 Å². The molecular weight excluding hydrogens is 265 g/mol. The van der Waals surface area contributed by atoms with Crippen molar-refractivity contribution < 1.29 is 27.5 Å². The third-order valence-corrected chi connectivity index (χ3v) is 3.21. The highest BCUT2D eigenvalue weighted by atomic mass is 19.4. The minimum Gasteiger partial charge on any atom is -0.475 e. The molecule has 0 atom stereocenters. The fraction of sp³-hybridized carbons (Fsp3) is 0.636. The van der Waals surface area contributed by atoms with Gasteiger partial charge in [-0.25, -0.2) is 4.79 Å². The molecule has 0 bridgehead atoms. The van der Waals surface area contributed by atoms with Crippen molar-refractivity contribution in [2.24, 2.45) is 5.92 Å². The molecule has 19 heavy (non-hydrogen) atoms. The Balaban J connectivity index is 2.06. The van der Waals surface area contributed by atoms with Gasteiger partial charge in [0.1, 0.15) is 0 Å². The van der Waals surface area contributed by atoms with E-state index in [4.69, 9.17) is 9.52 Å². The SMILES string of the molecule is Cc1nc(N2CCC(C(F)(F)F)CC2)oc1C(=O)O. The molecule has 0 unspecified atom stereocenters. The third kappa shape index (κ3) is 2.82. The molecule has 2 rings (SSSR count). The van der Waals surface area contributed by atoms with E-state index in [-0.39, 0.29) is 43.4 Å². The van der Waals surface area contributed by atoms with Crippen LogP contribution >= 0.6 is 0 Å². The van der Waals surface area contributed by atoms with Crippen LogP contribution < -0.4 is 4.90 Å². The summed E-state index contributed by atoms with van der Waals surface area (Å²) in [6.45, 7) is 1.80. The molecule has 1 fully saturated rings. The van der Waals surface area contributed by atoms with Crippen molar-refractivity contribution in [2.75, 3.05) is 18.0 Å². The predicted molar refractivity (Wildman–Crippen MR) is 59.2 cm³/mol. The molecule has 0 aromatic carbocycles. The number of alkyl halides is 3. The zero-order valence-corrected chi connectivity index (χ0v) is 10.2. The van der Waals surface area contributed by atoms with Crippen molar-refractivity contribution in [1.29, 1.82) is 0 Å². The number of hydrogen-bond acceptors (Lipinski definition) is 4. The Labute approximate surface area is 107 Å². The van der Waals surface area contributed by atoms with Crippen molar-refractivity contribution in [3.63, 3.8) is 0 Å². The van der Waals surface area contributed by atoms with Gasteiger partial charge < -0.3 is 14.4 Å². The lowest BCUT2D eigenvalue weighted by Crippen LogP contribution is -2.39. The molecule has 1 aliphatic heterocycles. The number of aryl methyl sites for hydroxylation is 1. The van der Waals surface area contributed by atoms with E-state index < -0.39 is 18.1 Å². The van der Waals surface area contributed by atoms with Gasteiger partial charge in [-0.1, -0.05) is 0 Å². The fourth-order valence-corrected chi connectivity index (χ4v) is 2.11. The molecule has 1 saturated heterocycles. The highest BCUT2D eigenvalue weighted by Crippen LogP contribution is 2.35. The summed E-state index contributed by atoms with van der Waals surface area (Å²) in [6, 6.07) is 0.0792. The van der Waals surface area contributed by atoms with Gasteiger partial charge in [0.2, 0.25) is 5.76 Å². The van der Waals surface area contributed by atoms with E-state index in [0.29, 0.717) is 0 Å². The number of carboxylic acid groups (broad SMARTS) is 1. The largest absolute Gasteiger partial charge is 0.475 e. The molecule has 106 valence electrons. The van der Waals surface area contributed by atoms with Crippen LogP contribution in [0.25, 0.3) is 0 Å². The predicted octanol–water partition coefficient (Wildman–Crippen LogP) is 2.46. The Morgan fingerprint density at radius 1 is 1.42 bits per heavy atom. The van der Waals surface area contributed by atoms with Gasteiger partial charge in [0.25, 0.3) is 6.01 Å². The molecule has 1 aliphatic rings. The molecule has 1 aromatic heterocycles. The Kier molecular flexibility index (Phi) is 3.42. The molecule has 5 nitrogen and oxygen atoms in total. The number of piperidine rings is 1. The number of carbonyl (C=O) groups is 1. The minimum absolute atomic E-state index is 0.0344. The maximum absolute atomic E-state index is 12.5. The van der Waals surface area contributed by atoms with Crippen LogP contribution in [-0.4, -0.2) is 35.3 Å². The molecule has 8 heteroatoms. The number of aromatic carboxylic acids is 1. The normalized spacial score (nSPS) is 17.8. The number of carboxylic acids is 1. The smallest absolute Gasteiger partial charge is 0.391 e. The van der Waals surface area contributed by atoms with Gasteiger partial charge in [0.15, 0.2) is 0 Å². The summed E-state index contributed by atoms with van der Waals surface area (Å²) in [7, 11) is 0. The average Bonchev–Trinajstić information content (AvgIpc) is 2.70. The van der Waals surface area contributed by atoms with E-state index in [1.54, 1.807) is 4.90 Å². The van der Waals surface area contributed by atoms with Crippen molar-refractivity contribution in [3.8, 4) is 0 Å². The summed E-state index contributed by atoms with van der Waals surface area (Å²) in [6.07, 6.45) is -4.24. The minimum atomic E-state index is -4.18. The first-order chi connectivity index (χ1) is 8.79. The summed E-state index contributed by atoms with van der Waals surface area (Å²) in [5.74, 6) is -2.81. The molecule has 0 spiro atoms. The summed E-state index contributed by atoms with van der Waals surface area (Å²) < 4.78 is 42.6. The van der Waals surface area contributed by atoms with E-state index in [1.807, 2.05) is 0 Å². The van der Waals surface area contributed by atoms with Gasteiger partial charge in [0.05, 0.1) is 11.6 Å². The Bertz CT molecular complexity index is 476. The van der Waals surface area contributed by atoms with Gasteiger partial charge in [-0.2, -0.15) is 18.2 Å². The summed E-state index contributed by atoms with van der Waals surface area (Å²) in [5, 5.41) is 8.83. The standard InChI is InChI=1S/C11H13F3N2O3/c1-6-8(9(17)18)19-10(15-6)16-4-2-7(3-5-16)11(12,13)14/h7H,2-5H2,1H3,(H,17,18). The first-order valence-corrected chi connectivity index (χ1v) is 5.81. The van der Waals surface area contributed by atoms with E-state index in [1.165, 1.54) is 6.92 Å². The zero-order valence-electron chi connectivity index (χ0n) is 10.2. The highest BCUT2D eigenvalue weighted by molar-refractivity contribution is 5.85. The van der Waals surface area contributed by atoms with Gasteiger partial charge in [-0.05, 0) is 19.8 Å². The van der Waals surface area contributed by atoms with Crippen molar-refractivity contribution in [3.05, 3.63) is 11.5 Å². The molecule has 0 saturated carbocycles. The fourth-order valence-electron chi connectivity index (χ4n) is 2.11. The van der Waals surface area contributed by atoms with Crippen LogP contribution in [0.5, 0.6) is 0 Å². The van der Waals surface area contributed by atoms with Crippen LogP contribution in [0.4, 0.5) is 19.2 Å². The second kappa shape index (κ2) is 4.75. The average molecular weight is 278 g/mol. The first kappa shape index (κ1) is 13.7. The van der Waals surface area contributed by atoms with Crippen LogP contribution in [0.2, 0.25) is 0 Å². The van der Waals surface area contributed by atoms with E-state index in [2.05, 4.69) is 4.98 Å². The van der Waals surface area contributed by atoms with Crippen LogP contribution in [0.3, 0.4) is 0 Å². The van der Waals surface area contributed by atoms with Crippen LogP contribution in [0.1, 0.15) is 29.1 Å². The number of anilines is 1. The van der Waals surface area contributed by atoms with E-state index in [9.17, 15) is 18.0 Å². The number of aromatic nitrogens is 1. The molecule has 1 N–H and O–H groups in total. The number of rotatable bonds is 2. The Morgan fingerprint density at radius 3 is 2.42 bits per heavy atom. The topological polar surface area (TPSA) is 66.6 Å². The number of halogens is 3. The maximum Gasteiger partial charge on any atom is 0.391 e. The molecule has 0 radical (unpaired) electrons. The van der Waals surface area contributed by atoms with Crippen molar-refractivity contribution in [1.82, 2.24) is 4.98 Å². The second-order valence-corrected chi connectivity index (χ2v) is 4.52. The molecular formula is C11H13F3N2O3. The number of oxazole rings is 1. The Morgan fingerprint density at radius 2 is 2.00 bits per heavy atom. The highest BCUT2D eigenvalue weighted by Gasteiger charge is 2.41. The van der Waals surface area contributed by atoms with Gasteiger partial charge in [-0.15, -0.1) is 0 Å². The molecule has 1 aromatic rings. The van der Waals surface area contributed by atoms with E-state index >= 15 is 0 Å². The van der Waals surface area contributed by atoms with Crippen molar-refractivity contribution >= 4 is 12.0 Å². The lowest BCUT2D eigenvalue weighted by molar-refractivity contribution is -0.179. The number of hydrogen-bond donors (Lipinski definition) is 1. The maximum atomic E-state index is 12.5. The molecule has 0 aliphatic carbocycles. The lowest BCUT2D eigenvalue weighted by atomic mass is 9.97. The summed E-state index contributed by atoms with van der Waals surface area (Å²) in [5.41, 5.74) is 0.223. The van der Waals surface area contributed by atoms with Gasteiger partial charge in [0, 0.05) is 13.1 Å². The molecule has 2 heterocycles. The second-order valence-electron chi connectivity index (χ2n) is 4.52. The van der Waals surface area contributed by atoms with Crippen LogP contribution in [0, 0.1) is 12.8 Å². The van der Waals surface area contributed by atoms with Crippen LogP contribution in [0.15, 0.2) is 4.42 Å². The summed E-state index contributed by atoms with van der Waals surface area (Å²) in [4.78, 5) is 16.3. The third-order valence-electron chi connectivity index (χ3n) is 3.21. The lowest BCUT2D eigenvalue weighted by Gasteiger charge is -2.31. The van der Waals surface area contributed by atoms with Crippen LogP contribution in [-0.2, 0) is 0 Å². The Hall–Kier alpha value is -1.73. The zero-order chi connectivity index (χ0) is 14.2. The monoisotopic (exact) mass is 278 g/mol. The van der Waals surface area contributed by atoms with Gasteiger partial charge >= 0.3 is 12.1 Å². The quantitative estimate of drug-likeness (QED) is 0.900. The van der Waals surface area contributed by atoms with Crippen molar-refractivity contribution in [2.45, 2.75) is 25.9 Å². The summed E-state index contributed by atoms with van der Waals surface area (Å²) >= 11 is 0.